The number of carbonyl (C=O) groups excluding carboxylic acids is 2. The molecule has 1 atom stereocenters. The summed E-state index contributed by atoms with van der Waals surface area (Å²) < 4.78 is 5.06. The van der Waals surface area contributed by atoms with Crippen molar-refractivity contribution in [3.05, 3.63) is 70.2 Å². The minimum atomic E-state index is -0.979. The molecule has 2 aromatic carbocycles. The van der Waals surface area contributed by atoms with Crippen LogP contribution in [-0.2, 0) is 14.3 Å². The first kappa shape index (κ1) is 18.0. The van der Waals surface area contributed by atoms with E-state index in [-0.39, 0.29) is 0 Å². The number of hydrogen-bond acceptors (Lipinski definition) is 3. The van der Waals surface area contributed by atoms with Crippen LogP contribution in [-0.4, -0.2) is 18.0 Å². The van der Waals surface area contributed by atoms with Crippen molar-refractivity contribution >= 4 is 46.8 Å². The molecule has 2 rings (SSSR count). The van der Waals surface area contributed by atoms with E-state index in [1.165, 1.54) is 19.1 Å². The van der Waals surface area contributed by atoms with Crippen LogP contribution >= 0.6 is 23.2 Å². The van der Waals surface area contributed by atoms with Crippen LogP contribution in [0.5, 0.6) is 0 Å². The predicted molar refractivity (Wildman–Crippen MR) is 96.1 cm³/mol. The van der Waals surface area contributed by atoms with Gasteiger partial charge in [0.2, 0.25) is 0 Å². The summed E-state index contributed by atoms with van der Waals surface area (Å²) in [5, 5.41) is 3.35. The second-order valence-corrected chi connectivity index (χ2v) is 5.78. The lowest BCUT2D eigenvalue weighted by Crippen LogP contribution is -2.29. The third-order valence-electron chi connectivity index (χ3n) is 3.06. The van der Waals surface area contributed by atoms with E-state index in [0.717, 1.165) is 5.56 Å². The summed E-state index contributed by atoms with van der Waals surface area (Å²) in [4.78, 5) is 23.8. The molecule has 0 saturated heterocycles. The molecule has 0 aliphatic carbocycles. The summed E-state index contributed by atoms with van der Waals surface area (Å²) in [5.41, 5.74) is 1.22. The van der Waals surface area contributed by atoms with Gasteiger partial charge in [0.1, 0.15) is 0 Å². The van der Waals surface area contributed by atoms with E-state index in [2.05, 4.69) is 5.32 Å². The Morgan fingerprint density at radius 3 is 2.54 bits per heavy atom. The average Bonchev–Trinajstić information content (AvgIpc) is 2.57. The molecule has 0 heterocycles. The van der Waals surface area contributed by atoms with Crippen LogP contribution in [0.4, 0.5) is 5.69 Å². The highest BCUT2D eigenvalue weighted by atomic mass is 35.5. The molecule has 1 amide bonds. The Labute approximate surface area is 150 Å². The van der Waals surface area contributed by atoms with Crippen LogP contribution in [0.15, 0.2) is 54.6 Å². The van der Waals surface area contributed by atoms with Crippen LogP contribution in [0.25, 0.3) is 6.08 Å². The lowest BCUT2D eigenvalue weighted by Gasteiger charge is -2.13. The molecule has 0 aliphatic rings. The molecule has 1 N–H and O–H groups in total. The third kappa shape index (κ3) is 5.41. The number of halogens is 2. The first-order valence-corrected chi connectivity index (χ1v) is 7.91. The van der Waals surface area contributed by atoms with Crippen LogP contribution in [0, 0.1) is 0 Å². The SMILES string of the molecule is C[C@H](OC(=O)/C=C/c1ccccc1)C(=O)Nc1cc(Cl)ccc1Cl. The Bertz CT molecular complexity index is 760. The van der Waals surface area contributed by atoms with Gasteiger partial charge in [-0.05, 0) is 36.8 Å². The van der Waals surface area contributed by atoms with Gasteiger partial charge >= 0.3 is 5.97 Å². The fraction of sp³-hybridized carbons (Fsp3) is 0.111. The maximum absolute atomic E-state index is 12.1. The lowest BCUT2D eigenvalue weighted by atomic mass is 10.2. The maximum atomic E-state index is 12.1. The molecule has 124 valence electrons. The Balaban J connectivity index is 1.92. The van der Waals surface area contributed by atoms with Crippen molar-refractivity contribution < 1.29 is 14.3 Å². The third-order valence-corrected chi connectivity index (χ3v) is 3.62. The van der Waals surface area contributed by atoms with Crippen molar-refractivity contribution in [1.82, 2.24) is 0 Å². The summed E-state index contributed by atoms with van der Waals surface area (Å²) in [6.07, 6.45) is 1.90. The highest BCUT2D eigenvalue weighted by molar-refractivity contribution is 6.35. The molecule has 0 aromatic heterocycles. The molecule has 0 aliphatic heterocycles. The van der Waals surface area contributed by atoms with Crippen molar-refractivity contribution in [2.45, 2.75) is 13.0 Å². The largest absolute Gasteiger partial charge is 0.449 e. The van der Waals surface area contributed by atoms with Gasteiger partial charge in [-0.1, -0.05) is 53.5 Å². The minimum Gasteiger partial charge on any atom is -0.449 e. The second kappa shape index (κ2) is 8.52. The summed E-state index contributed by atoms with van der Waals surface area (Å²) in [5.74, 6) is -1.11. The molecule has 2 aromatic rings. The summed E-state index contributed by atoms with van der Waals surface area (Å²) in [7, 11) is 0. The van der Waals surface area contributed by atoms with Crippen molar-refractivity contribution in [2.24, 2.45) is 0 Å². The van der Waals surface area contributed by atoms with Crippen LogP contribution in [0.2, 0.25) is 10.0 Å². The van der Waals surface area contributed by atoms with E-state index < -0.39 is 18.0 Å². The molecule has 0 spiro atoms. The fourth-order valence-electron chi connectivity index (χ4n) is 1.82. The smallest absolute Gasteiger partial charge is 0.331 e. The van der Waals surface area contributed by atoms with Crippen molar-refractivity contribution in [1.29, 1.82) is 0 Å². The standard InChI is InChI=1S/C18H15Cl2NO3/c1-12(18(23)21-16-11-14(19)8-9-15(16)20)24-17(22)10-7-13-5-3-2-4-6-13/h2-12H,1H3,(H,21,23)/b10-7+/t12-/m0/s1. The zero-order valence-electron chi connectivity index (χ0n) is 12.8. The molecule has 4 nitrogen and oxygen atoms in total. The number of hydrogen-bond donors (Lipinski definition) is 1. The minimum absolute atomic E-state index is 0.343. The fourth-order valence-corrected chi connectivity index (χ4v) is 2.16. The lowest BCUT2D eigenvalue weighted by molar-refractivity contribution is -0.148. The second-order valence-electron chi connectivity index (χ2n) is 4.94. The molecule has 0 unspecified atom stereocenters. The van der Waals surface area contributed by atoms with E-state index in [9.17, 15) is 9.59 Å². The zero-order valence-corrected chi connectivity index (χ0v) is 14.3. The monoisotopic (exact) mass is 363 g/mol. The molecule has 24 heavy (non-hydrogen) atoms. The van der Waals surface area contributed by atoms with Gasteiger partial charge in [-0.25, -0.2) is 4.79 Å². The molecular formula is C18H15Cl2NO3. The van der Waals surface area contributed by atoms with E-state index >= 15 is 0 Å². The Hall–Kier alpha value is -2.30. The van der Waals surface area contributed by atoms with E-state index in [1.54, 1.807) is 18.2 Å². The molecular weight excluding hydrogens is 349 g/mol. The zero-order chi connectivity index (χ0) is 17.5. The molecule has 0 bridgehead atoms. The highest BCUT2D eigenvalue weighted by Gasteiger charge is 2.17. The van der Waals surface area contributed by atoms with Crippen LogP contribution < -0.4 is 5.32 Å². The van der Waals surface area contributed by atoms with Gasteiger partial charge in [0.25, 0.3) is 5.91 Å². The normalized spacial score (nSPS) is 12.0. The average molecular weight is 364 g/mol. The van der Waals surface area contributed by atoms with Gasteiger partial charge in [0.05, 0.1) is 10.7 Å². The van der Waals surface area contributed by atoms with Gasteiger partial charge in [0.15, 0.2) is 6.10 Å². The topological polar surface area (TPSA) is 55.4 Å². The highest BCUT2D eigenvalue weighted by Crippen LogP contribution is 2.25. The van der Waals surface area contributed by atoms with Crippen molar-refractivity contribution in [2.75, 3.05) is 5.32 Å². The maximum Gasteiger partial charge on any atom is 0.331 e. The van der Waals surface area contributed by atoms with Crippen LogP contribution in [0.1, 0.15) is 12.5 Å². The number of esters is 1. The van der Waals surface area contributed by atoms with Gasteiger partial charge in [-0.15, -0.1) is 0 Å². The molecule has 0 saturated carbocycles. The van der Waals surface area contributed by atoms with Crippen LogP contribution in [0.3, 0.4) is 0 Å². The predicted octanol–water partition coefficient (Wildman–Crippen LogP) is 4.58. The van der Waals surface area contributed by atoms with Crippen molar-refractivity contribution in [3.63, 3.8) is 0 Å². The summed E-state index contributed by atoms with van der Waals surface area (Å²) in [6.45, 7) is 1.47. The first-order chi connectivity index (χ1) is 11.5. The summed E-state index contributed by atoms with van der Waals surface area (Å²) >= 11 is 11.8. The Morgan fingerprint density at radius 2 is 1.83 bits per heavy atom. The van der Waals surface area contributed by atoms with E-state index in [4.69, 9.17) is 27.9 Å². The number of benzene rings is 2. The number of nitrogens with one attached hydrogen (secondary N) is 1. The van der Waals surface area contributed by atoms with Gasteiger partial charge in [-0.3, -0.25) is 4.79 Å². The number of rotatable bonds is 5. The van der Waals surface area contributed by atoms with Gasteiger partial charge < -0.3 is 10.1 Å². The first-order valence-electron chi connectivity index (χ1n) is 7.15. The van der Waals surface area contributed by atoms with Gasteiger partial charge in [-0.2, -0.15) is 0 Å². The van der Waals surface area contributed by atoms with E-state index in [1.807, 2.05) is 30.3 Å². The number of carbonyl (C=O) groups is 2. The van der Waals surface area contributed by atoms with E-state index in [0.29, 0.717) is 15.7 Å². The van der Waals surface area contributed by atoms with Crippen molar-refractivity contribution in [3.8, 4) is 0 Å². The quantitative estimate of drug-likeness (QED) is 0.624. The summed E-state index contributed by atoms with van der Waals surface area (Å²) in [6, 6.07) is 14.0. The molecule has 0 fully saturated rings. The number of amides is 1. The Kier molecular flexibility index (Phi) is 6.41. The Morgan fingerprint density at radius 1 is 1.12 bits per heavy atom. The molecule has 0 radical (unpaired) electrons. The molecule has 6 heteroatoms. The van der Waals surface area contributed by atoms with Gasteiger partial charge in [0, 0.05) is 11.1 Å². The number of anilines is 1. The number of ether oxygens (including phenoxy) is 1.